The van der Waals surface area contributed by atoms with Gasteiger partial charge in [-0.25, -0.2) is 4.98 Å². The maximum Gasteiger partial charge on any atom is 0.110 e. The topological polar surface area (TPSA) is 17.8 Å². The van der Waals surface area contributed by atoms with E-state index < -0.39 is 0 Å². The van der Waals surface area contributed by atoms with Crippen molar-refractivity contribution >= 4 is 6.08 Å². The van der Waals surface area contributed by atoms with Gasteiger partial charge in [0, 0.05) is 5.69 Å². The van der Waals surface area contributed by atoms with Crippen LogP contribution in [-0.4, -0.2) is 9.55 Å². The van der Waals surface area contributed by atoms with Gasteiger partial charge in [0.1, 0.15) is 5.82 Å². The molecule has 1 aromatic carbocycles. The number of allylic oxidation sites excluding steroid dienone is 2. The maximum atomic E-state index is 4.52. The highest BCUT2D eigenvalue weighted by Gasteiger charge is 2.09. The van der Waals surface area contributed by atoms with Gasteiger partial charge in [-0.3, -0.25) is 4.57 Å². The first-order valence-corrected chi connectivity index (χ1v) is 5.64. The Balaban J connectivity index is 2.60. The van der Waals surface area contributed by atoms with Crippen molar-refractivity contribution in [2.24, 2.45) is 0 Å². The molecule has 0 fully saturated rings. The maximum absolute atomic E-state index is 4.52. The first-order chi connectivity index (χ1) is 8.24. The molecule has 0 unspecified atom stereocenters. The number of aryl methyl sites for hydroxylation is 2. The third kappa shape index (κ3) is 2.21. The Morgan fingerprint density at radius 3 is 2.53 bits per heavy atom. The van der Waals surface area contributed by atoms with E-state index in [4.69, 9.17) is 0 Å². The van der Waals surface area contributed by atoms with Crippen LogP contribution in [0.1, 0.15) is 17.2 Å². The minimum Gasteiger partial charge on any atom is -0.297 e. The lowest BCUT2D eigenvalue weighted by atomic mass is 10.2. The van der Waals surface area contributed by atoms with Crippen molar-refractivity contribution in [1.82, 2.24) is 9.55 Å². The molecule has 0 aliphatic carbocycles. The van der Waals surface area contributed by atoms with Gasteiger partial charge in [0.2, 0.25) is 0 Å². The molecule has 0 saturated heterocycles. The lowest BCUT2D eigenvalue weighted by Gasteiger charge is -2.07. The van der Waals surface area contributed by atoms with Crippen molar-refractivity contribution in [2.75, 3.05) is 0 Å². The molecule has 0 saturated carbocycles. The first-order valence-electron chi connectivity index (χ1n) is 5.64. The van der Waals surface area contributed by atoms with Crippen LogP contribution < -0.4 is 0 Å². The minimum absolute atomic E-state index is 0.998. The Labute approximate surface area is 102 Å². The van der Waals surface area contributed by atoms with Crippen LogP contribution >= 0.6 is 0 Å². The van der Waals surface area contributed by atoms with E-state index in [0.717, 1.165) is 22.9 Å². The van der Waals surface area contributed by atoms with Gasteiger partial charge in [0.05, 0.1) is 11.4 Å². The lowest BCUT2D eigenvalue weighted by Crippen LogP contribution is -1.99. The summed E-state index contributed by atoms with van der Waals surface area (Å²) in [5.74, 6) is 0.998. The van der Waals surface area contributed by atoms with Crippen LogP contribution in [0.25, 0.3) is 11.8 Å². The third-order valence-corrected chi connectivity index (χ3v) is 2.67. The highest BCUT2D eigenvalue weighted by Crippen LogP contribution is 2.19. The summed E-state index contributed by atoms with van der Waals surface area (Å²) in [5.41, 5.74) is 3.27. The van der Waals surface area contributed by atoms with E-state index in [2.05, 4.69) is 28.3 Å². The highest BCUT2D eigenvalue weighted by atomic mass is 15.1. The lowest BCUT2D eigenvalue weighted by molar-refractivity contribution is 0.966. The van der Waals surface area contributed by atoms with Gasteiger partial charge < -0.3 is 0 Å². The molecule has 0 spiro atoms. The van der Waals surface area contributed by atoms with Gasteiger partial charge in [-0.2, -0.15) is 0 Å². The summed E-state index contributed by atoms with van der Waals surface area (Å²) in [4.78, 5) is 4.52. The van der Waals surface area contributed by atoms with Crippen LogP contribution in [0.5, 0.6) is 0 Å². The van der Waals surface area contributed by atoms with Crippen LogP contribution in [0.3, 0.4) is 0 Å². The van der Waals surface area contributed by atoms with Gasteiger partial charge in [-0.15, -0.1) is 0 Å². The number of nitrogens with zero attached hydrogens (tertiary/aromatic N) is 2. The summed E-state index contributed by atoms with van der Waals surface area (Å²) < 4.78 is 2.15. The van der Waals surface area contributed by atoms with Crippen LogP contribution in [-0.2, 0) is 0 Å². The van der Waals surface area contributed by atoms with Gasteiger partial charge in [0.25, 0.3) is 0 Å². The van der Waals surface area contributed by atoms with E-state index in [-0.39, 0.29) is 0 Å². The fourth-order valence-electron chi connectivity index (χ4n) is 1.94. The number of benzene rings is 1. The average molecular weight is 224 g/mol. The molecule has 2 aromatic rings. The Bertz CT molecular complexity index is 548. The van der Waals surface area contributed by atoms with E-state index in [0.29, 0.717) is 0 Å². The molecule has 1 aromatic heterocycles. The monoisotopic (exact) mass is 224 g/mol. The van der Waals surface area contributed by atoms with Gasteiger partial charge in [-0.05, 0) is 32.1 Å². The smallest absolute Gasteiger partial charge is 0.110 e. The Kier molecular flexibility index (Phi) is 3.24. The van der Waals surface area contributed by atoms with Crippen molar-refractivity contribution in [3.05, 3.63) is 66.3 Å². The molecule has 0 aliphatic heterocycles. The van der Waals surface area contributed by atoms with E-state index in [1.165, 1.54) is 0 Å². The quantitative estimate of drug-likeness (QED) is 0.727. The van der Waals surface area contributed by atoms with Crippen molar-refractivity contribution in [3.8, 4) is 5.69 Å². The van der Waals surface area contributed by atoms with Gasteiger partial charge >= 0.3 is 0 Å². The molecular weight excluding hydrogens is 208 g/mol. The molecule has 1 heterocycles. The molecule has 0 atom stereocenters. The largest absolute Gasteiger partial charge is 0.297 e. The normalized spacial score (nSPS) is 10.9. The van der Waals surface area contributed by atoms with Crippen molar-refractivity contribution in [3.63, 3.8) is 0 Å². The van der Waals surface area contributed by atoms with E-state index in [1.807, 2.05) is 44.2 Å². The van der Waals surface area contributed by atoms with E-state index >= 15 is 0 Å². The van der Waals surface area contributed by atoms with Crippen molar-refractivity contribution < 1.29 is 0 Å². The second-order valence-corrected chi connectivity index (χ2v) is 3.90. The fraction of sp³-hybridized carbons (Fsp3) is 0.133. The van der Waals surface area contributed by atoms with Crippen molar-refractivity contribution in [2.45, 2.75) is 13.8 Å². The second-order valence-electron chi connectivity index (χ2n) is 3.90. The number of imidazole rings is 1. The summed E-state index contributed by atoms with van der Waals surface area (Å²) >= 11 is 0. The number of hydrogen-bond donors (Lipinski definition) is 0. The molecule has 2 rings (SSSR count). The standard InChI is InChI=1S/C15H16N2/c1-4-5-11-15-12(2)16-13(3)17(15)14-9-7-6-8-10-14/h4-11H,1H2,2-3H3/b11-5-. The number of aromatic nitrogens is 2. The number of hydrogen-bond acceptors (Lipinski definition) is 1. The third-order valence-electron chi connectivity index (χ3n) is 2.67. The molecule has 2 nitrogen and oxygen atoms in total. The zero-order chi connectivity index (χ0) is 12.3. The van der Waals surface area contributed by atoms with E-state index in [1.54, 1.807) is 6.08 Å². The Morgan fingerprint density at radius 1 is 1.18 bits per heavy atom. The summed E-state index contributed by atoms with van der Waals surface area (Å²) in [6, 6.07) is 10.2. The Hall–Kier alpha value is -2.09. The van der Waals surface area contributed by atoms with Crippen LogP contribution in [0.4, 0.5) is 0 Å². The molecule has 0 N–H and O–H groups in total. The fourth-order valence-corrected chi connectivity index (χ4v) is 1.94. The number of para-hydroxylation sites is 1. The van der Waals surface area contributed by atoms with Crippen LogP contribution in [0.2, 0.25) is 0 Å². The second kappa shape index (κ2) is 4.83. The average Bonchev–Trinajstić information content (AvgIpc) is 2.62. The molecule has 0 amide bonds. The molecular formula is C15H16N2. The molecule has 0 radical (unpaired) electrons. The minimum atomic E-state index is 0.998. The van der Waals surface area contributed by atoms with Gasteiger partial charge in [-0.1, -0.05) is 36.9 Å². The molecule has 2 heteroatoms. The Morgan fingerprint density at radius 2 is 1.88 bits per heavy atom. The highest BCUT2D eigenvalue weighted by molar-refractivity contribution is 5.54. The molecule has 0 bridgehead atoms. The van der Waals surface area contributed by atoms with Crippen LogP contribution in [0.15, 0.2) is 49.1 Å². The molecule has 17 heavy (non-hydrogen) atoms. The number of rotatable bonds is 3. The van der Waals surface area contributed by atoms with Crippen molar-refractivity contribution in [1.29, 1.82) is 0 Å². The summed E-state index contributed by atoms with van der Waals surface area (Å²) in [5, 5.41) is 0. The summed E-state index contributed by atoms with van der Waals surface area (Å²) in [7, 11) is 0. The van der Waals surface area contributed by atoms with Gasteiger partial charge in [0.15, 0.2) is 0 Å². The summed E-state index contributed by atoms with van der Waals surface area (Å²) in [6.07, 6.45) is 5.75. The zero-order valence-corrected chi connectivity index (χ0v) is 10.2. The van der Waals surface area contributed by atoms with Crippen LogP contribution in [0, 0.1) is 13.8 Å². The predicted molar refractivity (Wildman–Crippen MR) is 72.3 cm³/mol. The molecule has 0 aliphatic rings. The van der Waals surface area contributed by atoms with E-state index in [9.17, 15) is 0 Å². The summed E-state index contributed by atoms with van der Waals surface area (Å²) in [6.45, 7) is 7.74. The predicted octanol–water partition coefficient (Wildman–Crippen LogP) is 3.69. The zero-order valence-electron chi connectivity index (χ0n) is 10.2. The first kappa shape index (κ1) is 11.4. The SMILES string of the molecule is C=C/C=C\c1c(C)nc(C)n1-c1ccccc1. The molecule has 86 valence electrons.